The lowest BCUT2D eigenvalue weighted by Gasteiger charge is -2.27. The maximum Gasteiger partial charge on any atom is 0.410 e. The molecule has 0 aliphatic carbocycles. The van der Waals surface area contributed by atoms with E-state index in [4.69, 9.17) is 9.47 Å². The second-order valence-electron chi connectivity index (χ2n) is 6.62. The molecule has 0 bridgehead atoms. The van der Waals surface area contributed by atoms with Crippen molar-refractivity contribution in [3.63, 3.8) is 0 Å². The standard InChI is InChI=1S/C16H23NO3/c1-15(2,3)11-7-8-13(19-6)12(9-11)16(4)10-17(5)14(18)20-16/h7-9H,10H2,1-6H3. The Morgan fingerprint density at radius 2 is 2.00 bits per heavy atom. The zero-order chi connectivity index (χ0) is 15.1. The van der Waals surface area contributed by atoms with Crippen molar-refractivity contribution in [2.24, 2.45) is 0 Å². The van der Waals surface area contributed by atoms with Gasteiger partial charge in [-0.15, -0.1) is 0 Å². The van der Waals surface area contributed by atoms with Crippen molar-refractivity contribution in [3.05, 3.63) is 29.3 Å². The number of benzene rings is 1. The molecule has 1 aliphatic heterocycles. The quantitative estimate of drug-likeness (QED) is 0.832. The maximum atomic E-state index is 11.7. The third-order valence-corrected chi connectivity index (χ3v) is 3.80. The molecule has 0 N–H and O–H groups in total. The van der Waals surface area contributed by atoms with Gasteiger partial charge in [-0.25, -0.2) is 4.79 Å². The van der Waals surface area contributed by atoms with Gasteiger partial charge in [-0.2, -0.15) is 0 Å². The Labute approximate surface area is 120 Å². The highest BCUT2D eigenvalue weighted by Gasteiger charge is 2.43. The second-order valence-corrected chi connectivity index (χ2v) is 6.62. The molecule has 1 aliphatic rings. The first-order valence-corrected chi connectivity index (χ1v) is 6.80. The normalized spacial score (nSPS) is 22.9. The van der Waals surface area contributed by atoms with Crippen LogP contribution in [0.1, 0.15) is 38.8 Å². The van der Waals surface area contributed by atoms with Crippen molar-refractivity contribution in [1.82, 2.24) is 4.90 Å². The summed E-state index contributed by atoms with van der Waals surface area (Å²) in [5, 5.41) is 0. The molecule has 20 heavy (non-hydrogen) atoms. The highest BCUT2D eigenvalue weighted by atomic mass is 16.6. The lowest BCUT2D eigenvalue weighted by atomic mass is 9.83. The fraction of sp³-hybridized carbons (Fsp3) is 0.562. The summed E-state index contributed by atoms with van der Waals surface area (Å²) in [6.07, 6.45) is -0.296. The Morgan fingerprint density at radius 3 is 2.45 bits per heavy atom. The van der Waals surface area contributed by atoms with E-state index in [1.54, 1.807) is 19.1 Å². The molecule has 0 saturated carbocycles. The number of cyclic esters (lactones) is 1. The molecule has 4 nitrogen and oxygen atoms in total. The smallest absolute Gasteiger partial charge is 0.410 e. The molecule has 1 atom stereocenters. The summed E-state index contributed by atoms with van der Waals surface area (Å²) < 4.78 is 11.0. The van der Waals surface area contributed by atoms with Crippen LogP contribution in [-0.2, 0) is 15.8 Å². The van der Waals surface area contributed by atoms with Crippen LogP contribution in [0.5, 0.6) is 5.75 Å². The monoisotopic (exact) mass is 277 g/mol. The molecular weight excluding hydrogens is 254 g/mol. The van der Waals surface area contributed by atoms with Crippen LogP contribution in [0.2, 0.25) is 0 Å². The SMILES string of the molecule is COc1ccc(C(C)(C)C)cc1C1(C)CN(C)C(=O)O1. The van der Waals surface area contributed by atoms with Gasteiger partial charge >= 0.3 is 6.09 Å². The van der Waals surface area contributed by atoms with Gasteiger partial charge in [0, 0.05) is 12.6 Å². The van der Waals surface area contributed by atoms with E-state index in [1.807, 2.05) is 13.0 Å². The van der Waals surface area contributed by atoms with Crippen LogP contribution >= 0.6 is 0 Å². The topological polar surface area (TPSA) is 38.8 Å². The van der Waals surface area contributed by atoms with Crippen molar-refractivity contribution >= 4 is 6.09 Å². The molecule has 1 aromatic carbocycles. The molecule has 1 heterocycles. The van der Waals surface area contributed by atoms with E-state index >= 15 is 0 Å². The molecule has 1 amide bonds. The Balaban J connectivity index is 2.52. The first-order chi connectivity index (χ1) is 9.17. The number of rotatable bonds is 2. The van der Waals surface area contributed by atoms with Crippen LogP contribution in [0.25, 0.3) is 0 Å². The van der Waals surface area contributed by atoms with Gasteiger partial charge in [0.25, 0.3) is 0 Å². The molecule has 4 heteroatoms. The van der Waals surface area contributed by atoms with Gasteiger partial charge in [0.2, 0.25) is 0 Å². The highest BCUT2D eigenvalue weighted by Crippen LogP contribution is 2.39. The molecule has 2 rings (SSSR count). The Hall–Kier alpha value is -1.71. The summed E-state index contributed by atoms with van der Waals surface area (Å²) in [5.41, 5.74) is 1.48. The van der Waals surface area contributed by atoms with Crippen molar-refractivity contribution in [2.45, 2.75) is 38.7 Å². The number of carbonyl (C=O) groups excluding carboxylic acids is 1. The first kappa shape index (κ1) is 14.7. The minimum Gasteiger partial charge on any atom is -0.496 e. The Morgan fingerprint density at radius 1 is 1.35 bits per heavy atom. The number of nitrogens with zero attached hydrogens (tertiary/aromatic N) is 1. The van der Waals surface area contributed by atoms with Crippen LogP contribution in [0.3, 0.4) is 0 Å². The number of hydrogen-bond acceptors (Lipinski definition) is 3. The van der Waals surface area contributed by atoms with Gasteiger partial charge in [-0.1, -0.05) is 26.8 Å². The van der Waals surface area contributed by atoms with E-state index in [0.717, 1.165) is 11.3 Å². The highest BCUT2D eigenvalue weighted by molar-refractivity contribution is 5.71. The van der Waals surface area contributed by atoms with Gasteiger partial charge in [0.15, 0.2) is 5.60 Å². The molecule has 0 spiro atoms. The van der Waals surface area contributed by atoms with Crippen molar-refractivity contribution < 1.29 is 14.3 Å². The van der Waals surface area contributed by atoms with Crippen LogP contribution in [0.15, 0.2) is 18.2 Å². The van der Waals surface area contributed by atoms with E-state index in [9.17, 15) is 4.79 Å². The van der Waals surface area contributed by atoms with Gasteiger partial charge in [0.05, 0.1) is 13.7 Å². The van der Waals surface area contributed by atoms with E-state index < -0.39 is 5.60 Å². The third-order valence-electron chi connectivity index (χ3n) is 3.80. The van der Waals surface area contributed by atoms with Gasteiger partial charge in [-0.3, -0.25) is 0 Å². The lowest BCUT2D eigenvalue weighted by molar-refractivity contribution is 0.0680. The fourth-order valence-corrected chi connectivity index (χ4v) is 2.55. The van der Waals surface area contributed by atoms with Crippen LogP contribution in [0, 0.1) is 0 Å². The maximum absolute atomic E-state index is 11.7. The zero-order valence-corrected chi connectivity index (χ0v) is 13.1. The molecule has 0 radical (unpaired) electrons. The van der Waals surface area contributed by atoms with Gasteiger partial charge < -0.3 is 14.4 Å². The molecule has 1 aromatic rings. The Kier molecular flexibility index (Phi) is 3.44. The van der Waals surface area contributed by atoms with Crippen LogP contribution < -0.4 is 4.74 Å². The van der Waals surface area contributed by atoms with Crippen molar-refractivity contribution in [1.29, 1.82) is 0 Å². The number of carbonyl (C=O) groups is 1. The minimum absolute atomic E-state index is 0.0336. The molecular formula is C16H23NO3. The second kappa shape index (κ2) is 4.69. The van der Waals surface area contributed by atoms with Gasteiger partial charge in [0.1, 0.15) is 5.75 Å². The first-order valence-electron chi connectivity index (χ1n) is 6.80. The predicted molar refractivity (Wildman–Crippen MR) is 78.2 cm³/mol. The largest absolute Gasteiger partial charge is 0.496 e. The summed E-state index contributed by atoms with van der Waals surface area (Å²) in [5.74, 6) is 0.753. The van der Waals surface area contributed by atoms with Crippen LogP contribution in [0.4, 0.5) is 4.79 Å². The van der Waals surface area contributed by atoms with Gasteiger partial charge in [-0.05, 0) is 30.0 Å². The number of ether oxygens (including phenoxy) is 2. The number of hydrogen-bond donors (Lipinski definition) is 0. The van der Waals surface area contributed by atoms with E-state index in [1.165, 1.54) is 5.56 Å². The predicted octanol–water partition coefficient (Wildman–Crippen LogP) is 3.29. The lowest BCUT2D eigenvalue weighted by Crippen LogP contribution is -2.28. The summed E-state index contributed by atoms with van der Waals surface area (Å²) in [6.45, 7) is 8.93. The molecule has 110 valence electrons. The number of likely N-dealkylation sites (N-methyl/N-ethyl adjacent to an activating group) is 1. The van der Waals surface area contributed by atoms with E-state index in [2.05, 4.69) is 32.9 Å². The molecule has 1 unspecified atom stereocenters. The number of methoxy groups -OCH3 is 1. The molecule has 0 aromatic heterocycles. The van der Waals surface area contributed by atoms with E-state index in [0.29, 0.717) is 6.54 Å². The fourth-order valence-electron chi connectivity index (χ4n) is 2.55. The minimum atomic E-state index is -0.668. The summed E-state index contributed by atoms with van der Waals surface area (Å²) in [4.78, 5) is 13.3. The summed E-state index contributed by atoms with van der Waals surface area (Å²) in [6, 6.07) is 6.10. The summed E-state index contributed by atoms with van der Waals surface area (Å²) >= 11 is 0. The summed E-state index contributed by atoms with van der Waals surface area (Å²) in [7, 11) is 3.38. The average Bonchev–Trinajstić information content (AvgIpc) is 2.62. The van der Waals surface area contributed by atoms with Crippen LogP contribution in [-0.4, -0.2) is 31.7 Å². The van der Waals surface area contributed by atoms with Crippen molar-refractivity contribution in [3.8, 4) is 5.75 Å². The van der Waals surface area contributed by atoms with Crippen molar-refractivity contribution in [2.75, 3.05) is 20.7 Å². The number of amides is 1. The zero-order valence-electron chi connectivity index (χ0n) is 13.1. The molecule has 1 saturated heterocycles. The Bertz CT molecular complexity index is 533. The average molecular weight is 277 g/mol. The third kappa shape index (κ3) is 2.47. The van der Waals surface area contributed by atoms with E-state index in [-0.39, 0.29) is 11.5 Å². The molecule has 1 fully saturated rings.